The molecule has 2 heterocycles. The summed E-state index contributed by atoms with van der Waals surface area (Å²) in [7, 11) is 0. The highest BCUT2D eigenvalue weighted by molar-refractivity contribution is 7.99. The molecule has 1 aliphatic carbocycles. The number of rotatable bonds is 5. The van der Waals surface area contributed by atoms with E-state index in [-0.39, 0.29) is 11.0 Å². The Labute approximate surface area is 185 Å². The third kappa shape index (κ3) is 3.31. The van der Waals surface area contributed by atoms with Crippen molar-refractivity contribution >= 4 is 17.5 Å². The largest absolute Gasteiger partial charge is 0.268 e. The molecule has 0 aliphatic heterocycles. The quantitative estimate of drug-likeness (QED) is 0.341. The third-order valence-electron chi connectivity index (χ3n) is 5.78. The smallest absolute Gasteiger partial charge is 0.265 e. The van der Waals surface area contributed by atoms with Gasteiger partial charge < -0.3 is 0 Å². The van der Waals surface area contributed by atoms with Crippen LogP contribution in [0.3, 0.4) is 0 Å². The van der Waals surface area contributed by atoms with Crippen LogP contribution in [0.2, 0.25) is 0 Å². The second kappa shape index (κ2) is 7.54. The zero-order valence-electron chi connectivity index (χ0n) is 17.7. The molecular weight excluding hydrogens is 404 g/mol. The van der Waals surface area contributed by atoms with Gasteiger partial charge in [-0.15, -0.1) is 11.7 Å². The van der Waals surface area contributed by atoms with Crippen LogP contribution in [0.5, 0.6) is 0 Å². The highest BCUT2D eigenvalue weighted by Gasteiger charge is 2.36. The Hall–Kier alpha value is -3.12. The van der Waals surface area contributed by atoms with Gasteiger partial charge in [-0.1, -0.05) is 86.3 Å². The minimum absolute atomic E-state index is 0.0228. The van der Waals surface area contributed by atoms with Gasteiger partial charge in [-0.3, -0.25) is 4.79 Å². The van der Waals surface area contributed by atoms with Gasteiger partial charge in [-0.2, -0.15) is 0 Å². The maximum Gasteiger partial charge on any atom is 0.265 e. The van der Waals surface area contributed by atoms with Crippen LogP contribution in [0.4, 0.5) is 0 Å². The topological polar surface area (TPSA) is 52.2 Å². The molecule has 4 aromatic rings. The van der Waals surface area contributed by atoms with E-state index in [1.807, 2.05) is 35.0 Å². The Morgan fingerprint density at radius 2 is 1.87 bits per heavy atom. The Balaban J connectivity index is 1.80. The van der Waals surface area contributed by atoms with Crippen molar-refractivity contribution < 1.29 is 0 Å². The lowest BCUT2D eigenvalue weighted by molar-refractivity contribution is 0.505. The SMILES string of the molecule is C=CCSc1nn(Cc2ccccc2)c2nc3c(c(=O)n12)C(C)(C)Cc1ccccc1-3. The first-order valence-corrected chi connectivity index (χ1v) is 11.4. The lowest BCUT2D eigenvalue weighted by Gasteiger charge is -2.32. The molecule has 0 bridgehead atoms. The van der Waals surface area contributed by atoms with Crippen molar-refractivity contribution in [3.05, 3.63) is 94.3 Å². The standard InChI is InChI=1S/C25H24N4OS/c1-4-14-31-24-27-28(16-17-10-6-5-7-11-17)23-26-21-19-13-9-8-12-18(19)15-25(2,3)20(21)22(30)29(23)24/h4-13H,1,14-16H2,2-3H3. The number of benzene rings is 2. The average molecular weight is 429 g/mol. The predicted molar refractivity (Wildman–Crippen MR) is 126 cm³/mol. The van der Waals surface area contributed by atoms with Gasteiger partial charge in [0.05, 0.1) is 17.8 Å². The van der Waals surface area contributed by atoms with Crippen LogP contribution < -0.4 is 5.56 Å². The molecule has 0 amide bonds. The van der Waals surface area contributed by atoms with Gasteiger partial charge in [0, 0.05) is 16.7 Å². The third-order valence-corrected chi connectivity index (χ3v) is 6.71. The second-order valence-corrected chi connectivity index (χ2v) is 9.51. The van der Waals surface area contributed by atoms with Crippen molar-refractivity contribution in [1.29, 1.82) is 0 Å². The van der Waals surface area contributed by atoms with E-state index in [1.165, 1.54) is 17.3 Å². The van der Waals surface area contributed by atoms with Gasteiger partial charge in [-0.25, -0.2) is 14.1 Å². The van der Waals surface area contributed by atoms with Crippen molar-refractivity contribution in [2.24, 2.45) is 0 Å². The molecule has 0 atom stereocenters. The zero-order valence-corrected chi connectivity index (χ0v) is 18.5. The minimum Gasteiger partial charge on any atom is -0.268 e. The maximum absolute atomic E-state index is 13.9. The lowest BCUT2D eigenvalue weighted by Crippen LogP contribution is -2.36. The fourth-order valence-electron chi connectivity index (χ4n) is 4.41. The molecule has 5 nitrogen and oxygen atoms in total. The van der Waals surface area contributed by atoms with Crippen LogP contribution in [-0.4, -0.2) is 24.9 Å². The molecule has 5 rings (SSSR count). The van der Waals surface area contributed by atoms with Crippen molar-refractivity contribution in [3.8, 4) is 11.3 Å². The summed E-state index contributed by atoms with van der Waals surface area (Å²) < 4.78 is 3.53. The van der Waals surface area contributed by atoms with Crippen LogP contribution in [0, 0.1) is 0 Å². The number of thioether (sulfide) groups is 1. The number of aromatic nitrogens is 4. The fourth-order valence-corrected chi connectivity index (χ4v) is 5.13. The van der Waals surface area contributed by atoms with Crippen LogP contribution in [0.15, 0.2) is 77.2 Å². The first kappa shape index (κ1) is 19.8. The number of nitrogens with zero attached hydrogens (tertiary/aromatic N) is 4. The molecule has 0 spiro atoms. The predicted octanol–water partition coefficient (Wildman–Crippen LogP) is 4.72. The van der Waals surface area contributed by atoms with Gasteiger partial charge in [-0.05, 0) is 17.5 Å². The summed E-state index contributed by atoms with van der Waals surface area (Å²) in [4.78, 5) is 18.9. The van der Waals surface area contributed by atoms with Crippen LogP contribution in [-0.2, 0) is 18.4 Å². The molecule has 0 fully saturated rings. The first-order chi connectivity index (χ1) is 15.0. The minimum atomic E-state index is -0.309. The monoisotopic (exact) mass is 428 g/mol. The van der Waals surface area contributed by atoms with Gasteiger partial charge in [0.1, 0.15) is 0 Å². The van der Waals surface area contributed by atoms with Crippen LogP contribution >= 0.6 is 11.8 Å². The number of fused-ring (bicyclic) bond motifs is 4. The van der Waals surface area contributed by atoms with Crippen molar-refractivity contribution in [1.82, 2.24) is 19.2 Å². The van der Waals surface area contributed by atoms with Gasteiger partial charge in [0.15, 0.2) is 5.16 Å². The molecule has 0 saturated carbocycles. The molecular formula is C25H24N4OS. The van der Waals surface area contributed by atoms with E-state index in [0.29, 0.717) is 23.2 Å². The van der Waals surface area contributed by atoms with E-state index in [1.54, 1.807) is 4.40 Å². The summed E-state index contributed by atoms with van der Waals surface area (Å²) in [6.45, 7) is 8.62. The second-order valence-electron chi connectivity index (χ2n) is 8.52. The van der Waals surface area contributed by atoms with Gasteiger partial charge >= 0.3 is 0 Å². The summed E-state index contributed by atoms with van der Waals surface area (Å²) in [6, 6.07) is 18.4. The molecule has 31 heavy (non-hydrogen) atoms. The van der Waals surface area contributed by atoms with Crippen molar-refractivity contribution in [2.45, 2.75) is 37.4 Å². The van der Waals surface area contributed by atoms with Crippen molar-refractivity contribution in [3.63, 3.8) is 0 Å². The molecule has 0 N–H and O–H groups in total. The number of hydrogen-bond acceptors (Lipinski definition) is 4. The summed E-state index contributed by atoms with van der Waals surface area (Å²) >= 11 is 1.50. The molecule has 1 aliphatic rings. The Kier molecular flexibility index (Phi) is 4.82. The molecule has 0 saturated heterocycles. The Bertz CT molecular complexity index is 1350. The highest BCUT2D eigenvalue weighted by Crippen LogP contribution is 2.40. The Morgan fingerprint density at radius 1 is 1.13 bits per heavy atom. The van der Waals surface area contributed by atoms with E-state index in [0.717, 1.165) is 28.8 Å². The first-order valence-electron chi connectivity index (χ1n) is 10.4. The highest BCUT2D eigenvalue weighted by atomic mass is 32.2. The van der Waals surface area contributed by atoms with E-state index < -0.39 is 0 Å². The zero-order chi connectivity index (χ0) is 21.6. The van der Waals surface area contributed by atoms with Crippen LogP contribution in [0.1, 0.15) is 30.5 Å². The summed E-state index contributed by atoms with van der Waals surface area (Å²) in [5, 5.41) is 5.44. The molecule has 2 aromatic heterocycles. The fraction of sp³-hybridized carbons (Fsp3) is 0.240. The maximum atomic E-state index is 13.9. The number of hydrogen-bond donors (Lipinski definition) is 0. The van der Waals surface area contributed by atoms with E-state index >= 15 is 0 Å². The normalized spacial score (nSPS) is 14.3. The molecule has 0 radical (unpaired) electrons. The van der Waals surface area contributed by atoms with E-state index in [4.69, 9.17) is 10.1 Å². The van der Waals surface area contributed by atoms with E-state index in [9.17, 15) is 4.79 Å². The average Bonchev–Trinajstić information content (AvgIpc) is 3.10. The van der Waals surface area contributed by atoms with Crippen molar-refractivity contribution in [2.75, 3.05) is 5.75 Å². The van der Waals surface area contributed by atoms with Crippen LogP contribution in [0.25, 0.3) is 17.0 Å². The van der Waals surface area contributed by atoms with Gasteiger partial charge in [0.2, 0.25) is 5.78 Å². The van der Waals surface area contributed by atoms with Gasteiger partial charge in [0.25, 0.3) is 5.56 Å². The Morgan fingerprint density at radius 3 is 2.65 bits per heavy atom. The summed E-state index contributed by atoms with van der Waals surface area (Å²) in [5.41, 5.74) is 4.60. The molecule has 0 unspecified atom stereocenters. The molecule has 156 valence electrons. The summed E-state index contributed by atoms with van der Waals surface area (Å²) in [6.07, 6.45) is 2.64. The molecule has 6 heteroatoms. The summed E-state index contributed by atoms with van der Waals surface area (Å²) in [5.74, 6) is 1.25. The van der Waals surface area contributed by atoms with E-state index in [2.05, 4.69) is 50.8 Å². The lowest BCUT2D eigenvalue weighted by atomic mass is 9.72. The molecule has 2 aromatic carbocycles.